The Labute approximate surface area is 178 Å². The highest BCUT2D eigenvalue weighted by Crippen LogP contribution is 2.12. The highest BCUT2D eigenvalue weighted by Gasteiger charge is 2.08. The first-order valence-corrected chi connectivity index (χ1v) is 9.07. The number of amides is 1. The van der Waals surface area contributed by atoms with Crippen molar-refractivity contribution in [2.45, 2.75) is 33.2 Å². The monoisotopic (exact) mass is 484 g/mol. The van der Waals surface area contributed by atoms with E-state index in [9.17, 15) is 4.79 Å². The fraction of sp³-hybridized carbons (Fsp3) is 0.400. The SMILES string of the molecule is CCCCN(C)C(=NCc1ccc(NC(=O)c2ccco2)cc1)NCC.I. The van der Waals surface area contributed by atoms with Crippen molar-refractivity contribution >= 4 is 41.5 Å². The molecule has 0 fully saturated rings. The lowest BCUT2D eigenvalue weighted by atomic mass is 10.2. The van der Waals surface area contributed by atoms with Gasteiger partial charge in [-0.05, 0) is 43.2 Å². The molecule has 7 heteroatoms. The van der Waals surface area contributed by atoms with Gasteiger partial charge in [-0.2, -0.15) is 0 Å². The number of furan rings is 1. The number of carbonyl (C=O) groups excluding carboxylic acids is 1. The van der Waals surface area contributed by atoms with E-state index in [0.29, 0.717) is 12.3 Å². The van der Waals surface area contributed by atoms with Gasteiger partial charge in [0, 0.05) is 25.8 Å². The number of rotatable bonds is 8. The molecule has 2 aromatic rings. The molecule has 0 unspecified atom stereocenters. The fourth-order valence-electron chi connectivity index (χ4n) is 2.43. The van der Waals surface area contributed by atoms with Gasteiger partial charge in [-0.1, -0.05) is 25.5 Å². The van der Waals surface area contributed by atoms with Crippen molar-refractivity contribution in [3.63, 3.8) is 0 Å². The molecule has 27 heavy (non-hydrogen) atoms. The zero-order valence-electron chi connectivity index (χ0n) is 16.2. The van der Waals surface area contributed by atoms with Crippen LogP contribution in [0.3, 0.4) is 0 Å². The summed E-state index contributed by atoms with van der Waals surface area (Å²) < 4.78 is 5.09. The molecule has 2 rings (SSSR count). The number of anilines is 1. The number of hydrogen-bond donors (Lipinski definition) is 2. The van der Waals surface area contributed by atoms with Gasteiger partial charge in [-0.3, -0.25) is 4.79 Å². The summed E-state index contributed by atoms with van der Waals surface area (Å²) in [4.78, 5) is 18.8. The normalized spacial score (nSPS) is 10.9. The molecule has 0 spiro atoms. The lowest BCUT2D eigenvalue weighted by Crippen LogP contribution is -2.39. The van der Waals surface area contributed by atoms with Crippen molar-refractivity contribution in [1.29, 1.82) is 0 Å². The molecule has 6 nitrogen and oxygen atoms in total. The highest BCUT2D eigenvalue weighted by molar-refractivity contribution is 14.0. The predicted molar refractivity (Wildman–Crippen MR) is 121 cm³/mol. The van der Waals surface area contributed by atoms with Crippen LogP contribution in [0.5, 0.6) is 0 Å². The van der Waals surface area contributed by atoms with Gasteiger partial charge in [0.2, 0.25) is 0 Å². The number of nitrogens with one attached hydrogen (secondary N) is 2. The molecule has 0 saturated carbocycles. The smallest absolute Gasteiger partial charge is 0.291 e. The maximum atomic E-state index is 12.0. The summed E-state index contributed by atoms with van der Waals surface area (Å²) in [6, 6.07) is 11.0. The molecule has 1 amide bonds. The quantitative estimate of drug-likeness (QED) is 0.332. The lowest BCUT2D eigenvalue weighted by molar-refractivity contribution is 0.0996. The highest BCUT2D eigenvalue weighted by atomic mass is 127. The van der Waals surface area contributed by atoms with E-state index >= 15 is 0 Å². The van der Waals surface area contributed by atoms with Gasteiger partial charge in [-0.25, -0.2) is 4.99 Å². The Morgan fingerprint density at radius 3 is 2.52 bits per heavy atom. The maximum Gasteiger partial charge on any atom is 0.291 e. The van der Waals surface area contributed by atoms with E-state index in [1.807, 2.05) is 24.3 Å². The lowest BCUT2D eigenvalue weighted by Gasteiger charge is -2.21. The van der Waals surface area contributed by atoms with Crippen molar-refractivity contribution in [1.82, 2.24) is 10.2 Å². The van der Waals surface area contributed by atoms with Gasteiger partial charge in [0.05, 0.1) is 12.8 Å². The van der Waals surface area contributed by atoms with E-state index in [2.05, 4.69) is 36.4 Å². The maximum absolute atomic E-state index is 12.0. The summed E-state index contributed by atoms with van der Waals surface area (Å²) in [5, 5.41) is 6.13. The zero-order valence-corrected chi connectivity index (χ0v) is 18.5. The Kier molecular flexibility index (Phi) is 10.5. The summed E-state index contributed by atoms with van der Waals surface area (Å²) in [5.41, 5.74) is 1.81. The minimum atomic E-state index is -0.257. The number of nitrogens with zero attached hydrogens (tertiary/aromatic N) is 2. The zero-order chi connectivity index (χ0) is 18.8. The molecule has 0 radical (unpaired) electrons. The first-order chi connectivity index (χ1) is 12.6. The van der Waals surface area contributed by atoms with E-state index in [-0.39, 0.29) is 29.9 Å². The minimum absolute atomic E-state index is 0. The molecule has 1 heterocycles. The van der Waals surface area contributed by atoms with Crippen LogP contribution in [0.1, 0.15) is 42.8 Å². The minimum Gasteiger partial charge on any atom is -0.459 e. The Balaban J connectivity index is 0.00000364. The summed E-state index contributed by atoms with van der Waals surface area (Å²) in [5.74, 6) is 0.952. The van der Waals surface area contributed by atoms with Crippen molar-refractivity contribution in [3.8, 4) is 0 Å². The molecule has 1 aromatic carbocycles. The van der Waals surface area contributed by atoms with E-state index < -0.39 is 0 Å². The van der Waals surface area contributed by atoms with Crippen LogP contribution in [-0.4, -0.2) is 36.9 Å². The van der Waals surface area contributed by atoms with E-state index in [0.717, 1.165) is 43.1 Å². The van der Waals surface area contributed by atoms with Gasteiger partial charge in [-0.15, -0.1) is 24.0 Å². The molecular weight excluding hydrogens is 455 g/mol. The first-order valence-electron chi connectivity index (χ1n) is 9.07. The van der Waals surface area contributed by atoms with Crippen LogP contribution in [0.4, 0.5) is 5.69 Å². The third-order valence-electron chi connectivity index (χ3n) is 3.91. The Morgan fingerprint density at radius 2 is 1.93 bits per heavy atom. The number of hydrogen-bond acceptors (Lipinski definition) is 3. The number of aliphatic imine (C=N–C) groups is 1. The predicted octanol–water partition coefficient (Wildman–Crippen LogP) is 4.35. The third kappa shape index (κ3) is 7.62. The van der Waals surface area contributed by atoms with Crippen LogP contribution in [0.2, 0.25) is 0 Å². The average Bonchev–Trinajstić information content (AvgIpc) is 3.19. The van der Waals surface area contributed by atoms with Gasteiger partial charge < -0.3 is 20.0 Å². The molecule has 0 aliphatic heterocycles. The van der Waals surface area contributed by atoms with Crippen LogP contribution in [0.25, 0.3) is 0 Å². The molecule has 0 aliphatic rings. The van der Waals surface area contributed by atoms with E-state index in [1.165, 1.54) is 6.26 Å². The van der Waals surface area contributed by atoms with E-state index in [1.54, 1.807) is 12.1 Å². The second kappa shape index (κ2) is 12.4. The van der Waals surface area contributed by atoms with Crippen molar-refractivity contribution in [2.75, 3.05) is 25.5 Å². The van der Waals surface area contributed by atoms with Crippen LogP contribution in [0.15, 0.2) is 52.1 Å². The molecule has 0 aliphatic carbocycles. The van der Waals surface area contributed by atoms with Gasteiger partial charge >= 0.3 is 0 Å². The average molecular weight is 484 g/mol. The summed E-state index contributed by atoms with van der Waals surface area (Å²) in [6.07, 6.45) is 3.79. The summed E-state index contributed by atoms with van der Waals surface area (Å²) >= 11 is 0. The Hall–Kier alpha value is -2.03. The van der Waals surface area contributed by atoms with Gasteiger partial charge in [0.15, 0.2) is 11.7 Å². The molecule has 0 saturated heterocycles. The van der Waals surface area contributed by atoms with Crippen LogP contribution in [-0.2, 0) is 6.54 Å². The van der Waals surface area contributed by atoms with Crippen LogP contribution >= 0.6 is 24.0 Å². The van der Waals surface area contributed by atoms with Gasteiger partial charge in [0.25, 0.3) is 5.91 Å². The summed E-state index contributed by atoms with van der Waals surface area (Å²) in [6.45, 7) is 6.67. The van der Waals surface area contributed by atoms with Crippen molar-refractivity contribution in [3.05, 3.63) is 54.0 Å². The van der Waals surface area contributed by atoms with Crippen molar-refractivity contribution in [2.24, 2.45) is 4.99 Å². The fourth-order valence-corrected chi connectivity index (χ4v) is 2.43. The van der Waals surface area contributed by atoms with Crippen molar-refractivity contribution < 1.29 is 9.21 Å². The second-order valence-electron chi connectivity index (χ2n) is 6.07. The summed E-state index contributed by atoms with van der Waals surface area (Å²) in [7, 11) is 2.06. The molecule has 148 valence electrons. The van der Waals surface area contributed by atoms with Gasteiger partial charge in [0.1, 0.15) is 0 Å². The van der Waals surface area contributed by atoms with E-state index in [4.69, 9.17) is 9.41 Å². The largest absolute Gasteiger partial charge is 0.459 e. The number of unbranched alkanes of at least 4 members (excludes halogenated alkanes) is 1. The third-order valence-corrected chi connectivity index (χ3v) is 3.91. The number of guanidine groups is 1. The Bertz CT molecular complexity index is 699. The first kappa shape index (κ1) is 23.0. The van der Waals surface area contributed by atoms with Crippen LogP contribution in [0, 0.1) is 0 Å². The molecule has 0 bridgehead atoms. The standard InChI is InChI=1S/C20H28N4O2.HI/c1-4-6-13-24(3)20(21-5-2)22-15-16-9-11-17(12-10-16)23-19(25)18-8-7-14-26-18;/h7-12,14H,4-6,13,15H2,1-3H3,(H,21,22)(H,23,25);1H. The van der Waals surface area contributed by atoms with Crippen LogP contribution < -0.4 is 10.6 Å². The number of benzene rings is 1. The number of halogens is 1. The Morgan fingerprint density at radius 1 is 1.19 bits per heavy atom. The molecule has 0 atom stereocenters. The second-order valence-corrected chi connectivity index (χ2v) is 6.07. The molecular formula is C20H29IN4O2. The molecule has 1 aromatic heterocycles. The topological polar surface area (TPSA) is 69.9 Å². The molecule has 2 N–H and O–H groups in total. The number of carbonyl (C=O) groups is 1.